The van der Waals surface area contributed by atoms with E-state index in [-0.39, 0.29) is 5.92 Å². The number of hydrogen-bond donors (Lipinski definition) is 0. The SMILES string of the molecule is Cc1ccc(N(C(=O)C2CCCCC2)C2CCN(c3ccccc3)CC2)cc1. The number of para-hydroxylation sites is 1. The maximum Gasteiger partial charge on any atom is 0.230 e. The quantitative estimate of drug-likeness (QED) is 0.696. The molecule has 1 saturated carbocycles. The first-order valence-electron chi connectivity index (χ1n) is 10.9. The number of anilines is 2. The maximum absolute atomic E-state index is 13.5. The predicted molar refractivity (Wildman–Crippen MR) is 117 cm³/mol. The minimum absolute atomic E-state index is 0.210. The number of rotatable bonds is 4. The van der Waals surface area contributed by atoms with Crippen molar-refractivity contribution in [2.75, 3.05) is 22.9 Å². The highest BCUT2D eigenvalue weighted by Crippen LogP contribution is 2.32. The number of amides is 1. The van der Waals surface area contributed by atoms with Crippen molar-refractivity contribution < 1.29 is 4.79 Å². The van der Waals surface area contributed by atoms with Crippen LogP contribution in [0.15, 0.2) is 54.6 Å². The first-order chi connectivity index (χ1) is 13.7. The van der Waals surface area contributed by atoms with E-state index in [1.807, 2.05) is 0 Å². The Morgan fingerprint density at radius 3 is 2.14 bits per heavy atom. The van der Waals surface area contributed by atoms with E-state index in [0.29, 0.717) is 11.9 Å². The number of hydrogen-bond acceptors (Lipinski definition) is 2. The number of carbonyl (C=O) groups excluding carboxylic acids is 1. The number of piperidine rings is 1. The lowest BCUT2D eigenvalue weighted by atomic mass is 9.87. The monoisotopic (exact) mass is 376 g/mol. The molecule has 2 aliphatic rings. The molecule has 0 aromatic heterocycles. The normalized spacial score (nSPS) is 18.8. The lowest BCUT2D eigenvalue weighted by Gasteiger charge is -2.41. The van der Waals surface area contributed by atoms with E-state index in [2.05, 4.69) is 71.3 Å². The lowest BCUT2D eigenvalue weighted by molar-refractivity contribution is -0.123. The van der Waals surface area contributed by atoms with E-state index in [1.54, 1.807) is 0 Å². The molecule has 0 spiro atoms. The van der Waals surface area contributed by atoms with Crippen LogP contribution in [0.3, 0.4) is 0 Å². The van der Waals surface area contributed by atoms with E-state index in [1.165, 1.54) is 30.5 Å². The Hall–Kier alpha value is -2.29. The predicted octanol–water partition coefficient (Wildman–Crippen LogP) is 5.58. The van der Waals surface area contributed by atoms with Gasteiger partial charge in [-0.15, -0.1) is 0 Å². The van der Waals surface area contributed by atoms with Gasteiger partial charge in [-0.25, -0.2) is 0 Å². The van der Waals surface area contributed by atoms with Crippen LogP contribution >= 0.6 is 0 Å². The van der Waals surface area contributed by atoms with Gasteiger partial charge >= 0.3 is 0 Å². The van der Waals surface area contributed by atoms with E-state index in [4.69, 9.17) is 0 Å². The highest BCUT2D eigenvalue weighted by Gasteiger charge is 2.33. The minimum Gasteiger partial charge on any atom is -0.371 e. The Balaban J connectivity index is 1.52. The number of carbonyl (C=O) groups is 1. The molecule has 0 radical (unpaired) electrons. The molecule has 0 N–H and O–H groups in total. The average Bonchev–Trinajstić information content (AvgIpc) is 2.77. The summed E-state index contributed by atoms with van der Waals surface area (Å²) in [5, 5.41) is 0. The zero-order valence-electron chi connectivity index (χ0n) is 17.0. The van der Waals surface area contributed by atoms with Gasteiger partial charge in [0.05, 0.1) is 0 Å². The fraction of sp³-hybridized carbons (Fsp3) is 0.480. The van der Waals surface area contributed by atoms with Gasteiger partial charge in [0, 0.05) is 36.4 Å². The smallest absolute Gasteiger partial charge is 0.230 e. The van der Waals surface area contributed by atoms with Crippen molar-refractivity contribution in [1.29, 1.82) is 0 Å². The summed E-state index contributed by atoms with van der Waals surface area (Å²) in [6.07, 6.45) is 7.86. The number of benzene rings is 2. The lowest BCUT2D eigenvalue weighted by Crippen LogP contribution is -2.49. The third-order valence-electron chi connectivity index (χ3n) is 6.45. The minimum atomic E-state index is 0.210. The number of nitrogens with zero attached hydrogens (tertiary/aromatic N) is 2. The molecule has 2 fully saturated rings. The zero-order valence-corrected chi connectivity index (χ0v) is 17.0. The summed E-state index contributed by atoms with van der Waals surface area (Å²) >= 11 is 0. The average molecular weight is 377 g/mol. The third kappa shape index (κ3) is 4.24. The first kappa shape index (κ1) is 19.0. The van der Waals surface area contributed by atoms with Crippen LogP contribution in [-0.2, 0) is 4.79 Å². The van der Waals surface area contributed by atoms with Crippen LogP contribution in [0.1, 0.15) is 50.5 Å². The van der Waals surface area contributed by atoms with E-state index >= 15 is 0 Å². The largest absolute Gasteiger partial charge is 0.371 e. The third-order valence-corrected chi connectivity index (χ3v) is 6.45. The van der Waals surface area contributed by atoms with Gasteiger partial charge in [-0.05, 0) is 56.9 Å². The van der Waals surface area contributed by atoms with Gasteiger partial charge in [0.2, 0.25) is 5.91 Å². The summed E-state index contributed by atoms with van der Waals surface area (Å²) in [6, 6.07) is 19.5. The van der Waals surface area contributed by atoms with Gasteiger partial charge in [0.15, 0.2) is 0 Å². The summed E-state index contributed by atoms with van der Waals surface area (Å²) in [5.41, 5.74) is 3.62. The first-order valence-corrected chi connectivity index (χ1v) is 10.9. The number of aryl methyl sites for hydroxylation is 1. The van der Waals surface area contributed by atoms with Crippen LogP contribution in [0.5, 0.6) is 0 Å². The van der Waals surface area contributed by atoms with Crippen molar-refractivity contribution in [3.63, 3.8) is 0 Å². The molecule has 1 aliphatic heterocycles. The molecule has 28 heavy (non-hydrogen) atoms. The molecule has 2 aromatic rings. The molecule has 1 heterocycles. The molecule has 148 valence electrons. The highest BCUT2D eigenvalue weighted by molar-refractivity contribution is 5.95. The summed E-state index contributed by atoms with van der Waals surface area (Å²) < 4.78 is 0. The van der Waals surface area contributed by atoms with Crippen LogP contribution in [-0.4, -0.2) is 25.0 Å². The molecule has 0 bridgehead atoms. The molecule has 0 unspecified atom stereocenters. The topological polar surface area (TPSA) is 23.6 Å². The molecule has 3 nitrogen and oxygen atoms in total. The second kappa shape index (κ2) is 8.81. The zero-order chi connectivity index (χ0) is 19.3. The van der Waals surface area contributed by atoms with Crippen molar-refractivity contribution in [3.8, 4) is 0 Å². The fourth-order valence-corrected chi connectivity index (χ4v) is 4.79. The van der Waals surface area contributed by atoms with Crippen LogP contribution in [0.25, 0.3) is 0 Å². The Morgan fingerprint density at radius 2 is 1.50 bits per heavy atom. The molecule has 4 rings (SSSR count). The van der Waals surface area contributed by atoms with Crippen molar-refractivity contribution in [1.82, 2.24) is 0 Å². The van der Waals surface area contributed by atoms with Gasteiger partial charge in [-0.3, -0.25) is 4.79 Å². The van der Waals surface area contributed by atoms with Gasteiger partial charge in [0.1, 0.15) is 0 Å². The standard InChI is InChI=1S/C25H32N2O/c1-20-12-14-23(15-13-20)27(25(28)21-8-4-2-5-9-21)24-16-18-26(19-17-24)22-10-6-3-7-11-22/h3,6-7,10-15,21,24H,2,4-5,8-9,16-19H2,1H3. The van der Waals surface area contributed by atoms with Crippen LogP contribution in [0, 0.1) is 12.8 Å². The van der Waals surface area contributed by atoms with Crippen molar-refractivity contribution in [2.45, 2.75) is 57.9 Å². The second-order valence-corrected chi connectivity index (χ2v) is 8.43. The van der Waals surface area contributed by atoms with E-state index in [0.717, 1.165) is 44.5 Å². The summed E-state index contributed by atoms with van der Waals surface area (Å²) in [6.45, 7) is 4.12. The van der Waals surface area contributed by atoms with E-state index < -0.39 is 0 Å². The van der Waals surface area contributed by atoms with Crippen molar-refractivity contribution >= 4 is 17.3 Å². The van der Waals surface area contributed by atoms with Gasteiger partial charge in [0.25, 0.3) is 0 Å². The van der Waals surface area contributed by atoms with Gasteiger partial charge in [-0.2, -0.15) is 0 Å². The van der Waals surface area contributed by atoms with Gasteiger partial charge in [-0.1, -0.05) is 55.2 Å². The maximum atomic E-state index is 13.5. The Kier molecular flexibility index (Phi) is 5.99. The Bertz CT molecular complexity index is 757. The van der Waals surface area contributed by atoms with Gasteiger partial charge < -0.3 is 9.80 Å². The molecule has 2 aromatic carbocycles. The molecule has 1 aliphatic carbocycles. The summed E-state index contributed by atoms with van der Waals surface area (Å²) in [7, 11) is 0. The van der Waals surface area contributed by atoms with Crippen molar-refractivity contribution in [3.05, 3.63) is 60.2 Å². The van der Waals surface area contributed by atoms with E-state index in [9.17, 15) is 4.79 Å². The van der Waals surface area contributed by atoms with Crippen molar-refractivity contribution in [2.24, 2.45) is 5.92 Å². The summed E-state index contributed by atoms with van der Waals surface area (Å²) in [5.74, 6) is 0.573. The second-order valence-electron chi connectivity index (χ2n) is 8.43. The molecule has 0 atom stereocenters. The van der Waals surface area contributed by atoms with Crippen LogP contribution < -0.4 is 9.80 Å². The Morgan fingerprint density at radius 1 is 0.857 bits per heavy atom. The highest BCUT2D eigenvalue weighted by atomic mass is 16.2. The Labute approximate surface area is 169 Å². The molecule has 1 saturated heterocycles. The molecule has 1 amide bonds. The molecular weight excluding hydrogens is 344 g/mol. The van der Waals surface area contributed by atoms with Crippen LogP contribution in [0.2, 0.25) is 0 Å². The molecule has 3 heteroatoms. The van der Waals surface area contributed by atoms with Crippen LogP contribution in [0.4, 0.5) is 11.4 Å². The fourth-order valence-electron chi connectivity index (χ4n) is 4.79. The summed E-state index contributed by atoms with van der Waals surface area (Å²) in [4.78, 5) is 18.2. The molecular formula is C25H32N2O.